The minimum absolute atomic E-state index is 0.0818. The van der Waals surface area contributed by atoms with Crippen LogP contribution in [0.25, 0.3) is 0 Å². The summed E-state index contributed by atoms with van der Waals surface area (Å²) in [6.45, 7) is 15.8. The predicted molar refractivity (Wildman–Crippen MR) is 126 cm³/mol. The summed E-state index contributed by atoms with van der Waals surface area (Å²) in [5.41, 5.74) is 0.252. The Morgan fingerprint density at radius 2 is 1.87 bits per heavy atom. The highest BCUT2D eigenvalue weighted by molar-refractivity contribution is 8.14. The summed E-state index contributed by atoms with van der Waals surface area (Å²) < 4.78 is 5.20. The number of hydrogen-bond donors (Lipinski definition) is 3. The molecule has 176 valence electrons. The molecule has 1 unspecified atom stereocenters. The SMILES string of the molecule is C/C(=C\[C@@H](C)C(=O)N[C@H](C(=O)NC1=NCCC(C)S1)C(C)C)CNC(=O)OC(C)(C)C. The average Bonchev–Trinajstić information content (AvgIpc) is 2.62. The maximum atomic E-state index is 12.7. The van der Waals surface area contributed by atoms with E-state index in [2.05, 4.69) is 27.9 Å². The van der Waals surface area contributed by atoms with Gasteiger partial charge in [-0.05, 0) is 40.0 Å². The molecule has 1 aliphatic heterocycles. The van der Waals surface area contributed by atoms with Crippen LogP contribution in [0.2, 0.25) is 0 Å². The van der Waals surface area contributed by atoms with E-state index >= 15 is 0 Å². The molecule has 9 heteroatoms. The average molecular weight is 455 g/mol. The Hall–Kier alpha value is -2.03. The van der Waals surface area contributed by atoms with E-state index in [1.807, 2.05) is 20.8 Å². The van der Waals surface area contributed by atoms with Crippen molar-refractivity contribution in [3.05, 3.63) is 11.6 Å². The first kappa shape index (κ1) is 27.0. The lowest BCUT2D eigenvalue weighted by Crippen LogP contribution is -2.52. The van der Waals surface area contributed by atoms with Crippen LogP contribution in [0.4, 0.5) is 4.79 Å². The van der Waals surface area contributed by atoms with E-state index < -0.39 is 23.7 Å². The van der Waals surface area contributed by atoms with Crippen molar-refractivity contribution < 1.29 is 19.1 Å². The highest BCUT2D eigenvalue weighted by Gasteiger charge is 2.27. The van der Waals surface area contributed by atoms with E-state index in [-0.39, 0.29) is 24.3 Å². The Labute approximate surface area is 190 Å². The van der Waals surface area contributed by atoms with Crippen LogP contribution in [0.3, 0.4) is 0 Å². The van der Waals surface area contributed by atoms with Crippen molar-refractivity contribution in [2.75, 3.05) is 13.1 Å². The summed E-state index contributed by atoms with van der Waals surface area (Å²) in [7, 11) is 0. The molecule has 1 heterocycles. The van der Waals surface area contributed by atoms with Crippen LogP contribution in [0, 0.1) is 11.8 Å². The van der Waals surface area contributed by atoms with E-state index in [9.17, 15) is 14.4 Å². The van der Waals surface area contributed by atoms with E-state index in [0.717, 1.165) is 12.0 Å². The zero-order chi connectivity index (χ0) is 23.8. The fourth-order valence-corrected chi connectivity index (χ4v) is 3.72. The molecule has 8 nitrogen and oxygen atoms in total. The number of aliphatic imine (C=N–C) groups is 1. The summed E-state index contributed by atoms with van der Waals surface area (Å²) in [5, 5.41) is 9.38. The third-order valence-corrected chi connectivity index (χ3v) is 5.53. The Morgan fingerprint density at radius 1 is 1.23 bits per heavy atom. The van der Waals surface area contributed by atoms with Crippen molar-refractivity contribution in [1.29, 1.82) is 0 Å². The highest BCUT2D eigenvalue weighted by Crippen LogP contribution is 2.20. The van der Waals surface area contributed by atoms with E-state index in [0.29, 0.717) is 17.0 Å². The van der Waals surface area contributed by atoms with Gasteiger partial charge in [-0.1, -0.05) is 51.1 Å². The van der Waals surface area contributed by atoms with Gasteiger partial charge in [0, 0.05) is 18.3 Å². The fourth-order valence-electron chi connectivity index (χ4n) is 2.79. The number of hydrogen-bond acceptors (Lipinski definition) is 6. The number of amides is 3. The molecule has 31 heavy (non-hydrogen) atoms. The molecule has 3 atom stereocenters. The third-order valence-electron chi connectivity index (χ3n) is 4.44. The number of carbonyl (C=O) groups is 3. The molecule has 0 aliphatic carbocycles. The van der Waals surface area contributed by atoms with E-state index in [1.54, 1.807) is 33.8 Å². The van der Waals surface area contributed by atoms with Gasteiger partial charge in [0.05, 0.1) is 5.92 Å². The Balaban J connectivity index is 2.63. The molecule has 0 aromatic rings. The van der Waals surface area contributed by atoms with Crippen LogP contribution < -0.4 is 16.0 Å². The second-order valence-corrected chi connectivity index (χ2v) is 10.7. The molecule has 0 bridgehead atoms. The van der Waals surface area contributed by atoms with Crippen molar-refractivity contribution in [3.8, 4) is 0 Å². The number of amidine groups is 1. The third kappa shape index (κ3) is 10.7. The van der Waals surface area contributed by atoms with Crippen LogP contribution >= 0.6 is 11.8 Å². The molecular formula is C22H38N4O4S. The zero-order valence-electron chi connectivity index (χ0n) is 20.0. The molecule has 0 aromatic heterocycles. The largest absolute Gasteiger partial charge is 0.444 e. The number of ether oxygens (including phenoxy) is 1. The monoisotopic (exact) mass is 454 g/mol. The highest BCUT2D eigenvalue weighted by atomic mass is 32.2. The Kier molecular flexibility index (Phi) is 10.6. The number of thioether (sulfide) groups is 1. The van der Waals surface area contributed by atoms with Gasteiger partial charge in [0.1, 0.15) is 11.6 Å². The van der Waals surface area contributed by atoms with Crippen molar-refractivity contribution >= 4 is 34.8 Å². The maximum absolute atomic E-state index is 12.7. The predicted octanol–water partition coefficient (Wildman–Crippen LogP) is 3.23. The molecule has 1 rings (SSSR count). The summed E-state index contributed by atoms with van der Waals surface area (Å²) in [6.07, 6.45) is 2.25. The van der Waals surface area contributed by atoms with Gasteiger partial charge in [0.15, 0.2) is 5.17 Å². The van der Waals surface area contributed by atoms with Crippen LogP contribution in [0.5, 0.6) is 0 Å². The molecule has 0 aromatic carbocycles. The van der Waals surface area contributed by atoms with Crippen LogP contribution in [0.1, 0.15) is 61.8 Å². The van der Waals surface area contributed by atoms with Gasteiger partial charge in [-0.25, -0.2) is 4.79 Å². The Morgan fingerprint density at radius 3 is 2.42 bits per heavy atom. The summed E-state index contributed by atoms with van der Waals surface area (Å²) in [4.78, 5) is 41.5. The van der Waals surface area contributed by atoms with Crippen molar-refractivity contribution in [2.45, 2.75) is 78.7 Å². The number of alkyl carbamates (subject to hydrolysis) is 1. The maximum Gasteiger partial charge on any atom is 0.407 e. The smallest absolute Gasteiger partial charge is 0.407 e. The quantitative estimate of drug-likeness (QED) is 0.512. The number of carbonyl (C=O) groups excluding carboxylic acids is 3. The molecular weight excluding hydrogens is 416 g/mol. The minimum atomic E-state index is -0.663. The van der Waals surface area contributed by atoms with Gasteiger partial charge >= 0.3 is 6.09 Å². The summed E-state index contributed by atoms with van der Waals surface area (Å²) in [6, 6.07) is -0.663. The second kappa shape index (κ2) is 12.1. The van der Waals surface area contributed by atoms with Gasteiger partial charge in [-0.2, -0.15) is 0 Å². The van der Waals surface area contributed by atoms with E-state index in [4.69, 9.17) is 4.74 Å². The lowest BCUT2D eigenvalue weighted by atomic mass is 10.0. The van der Waals surface area contributed by atoms with Crippen molar-refractivity contribution in [1.82, 2.24) is 16.0 Å². The second-order valence-electron chi connectivity index (χ2n) is 9.28. The lowest BCUT2D eigenvalue weighted by Gasteiger charge is -2.25. The molecule has 0 saturated carbocycles. The molecule has 0 spiro atoms. The molecule has 3 N–H and O–H groups in total. The Bertz CT molecular complexity index is 713. The molecule has 3 amide bonds. The number of nitrogens with one attached hydrogen (secondary N) is 3. The minimum Gasteiger partial charge on any atom is -0.444 e. The fraction of sp³-hybridized carbons (Fsp3) is 0.727. The molecule has 0 saturated heterocycles. The van der Waals surface area contributed by atoms with Crippen molar-refractivity contribution in [3.63, 3.8) is 0 Å². The number of nitrogens with zero attached hydrogens (tertiary/aromatic N) is 1. The van der Waals surface area contributed by atoms with Gasteiger partial charge in [-0.15, -0.1) is 0 Å². The molecule has 0 radical (unpaired) electrons. The zero-order valence-corrected chi connectivity index (χ0v) is 20.8. The standard InChI is InChI=1S/C22H38N4O4S/c1-13(2)17(19(28)26-20-23-10-9-16(5)31-20)25-18(27)15(4)11-14(3)12-24-21(29)30-22(6,7)8/h11,13,15-17H,9-10,12H2,1-8H3,(H,24,29)(H,25,27)(H,23,26,28)/b14-11+/t15-,16?,17+/m1/s1. The van der Waals surface area contributed by atoms with Gasteiger partial charge in [0.2, 0.25) is 11.8 Å². The van der Waals surface area contributed by atoms with Crippen molar-refractivity contribution in [2.24, 2.45) is 16.8 Å². The first-order chi connectivity index (χ1) is 14.3. The first-order valence-corrected chi connectivity index (χ1v) is 11.6. The van der Waals surface area contributed by atoms with Crippen LogP contribution in [0.15, 0.2) is 16.6 Å². The summed E-state index contributed by atoms with van der Waals surface area (Å²) in [5.74, 6) is -1.06. The molecule has 1 aliphatic rings. The summed E-state index contributed by atoms with van der Waals surface area (Å²) >= 11 is 1.54. The van der Waals surface area contributed by atoms with Crippen LogP contribution in [-0.4, -0.2) is 53.1 Å². The number of rotatable bonds is 7. The molecule has 0 fully saturated rings. The van der Waals surface area contributed by atoms with E-state index in [1.165, 1.54) is 11.8 Å². The van der Waals surface area contributed by atoms with Gasteiger partial charge < -0.3 is 20.7 Å². The van der Waals surface area contributed by atoms with Gasteiger partial charge in [-0.3, -0.25) is 14.6 Å². The lowest BCUT2D eigenvalue weighted by molar-refractivity contribution is -0.130. The normalized spacial score (nSPS) is 19.2. The van der Waals surface area contributed by atoms with Crippen LogP contribution in [-0.2, 0) is 14.3 Å². The topological polar surface area (TPSA) is 109 Å². The first-order valence-electron chi connectivity index (χ1n) is 10.7. The van der Waals surface area contributed by atoms with Gasteiger partial charge in [0.25, 0.3) is 0 Å².